The van der Waals surface area contributed by atoms with E-state index in [2.05, 4.69) is 21.2 Å². The first-order valence-corrected chi connectivity index (χ1v) is 11.4. The number of esters is 2. The minimum absolute atomic E-state index is 0.00173. The lowest BCUT2D eigenvalue weighted by Crippen LogP contribution is -2.18. The summed E-state index contributed by atoms with van der Waals surface area (Å²) in [5.74, 6) is 0.754. The van der Waals surface area contributed by atoms with Gasteiger partial charge in [-0.2, -0.15) is 0 Å². The second-order valence-electron chi connectivity index (χ2n) is 7.14. The van der Waals surface area contributed by atoms with E-state index < -0.39 is 5.97 Å². The van der Waals surface area contributed by atoms with Crippen molar-refractivity contribution in [1.82, 2.24) is 9.38 Å². The van der Waals surface area contributed by atoms with E-state index in [1.54, 1.807) is 43.3 Å². The maximum absolute atomic E-state index is 12.1. The van der Waals surface area contributed by atoms with Crippen LogP contribution < -0.4 is 14.8 Å². The SMILES string of the molecule is CCOC(=O)CNc1c(-c2ccc(OC(=O)COc3ccccc3)cc2)nc2ccc(Br)cn12. The van der Waals surface area contributed by atoms with E-state index in [1.807, 2.05) is 40.9 Å². The Kier molecular flexibility index (Phi) is 7.44. The van der Waals surface area contributed by atoms with Gasteiger partial charge in [-0.3, -0.25) is 9.20 Å². The summed E-state index contributed by atoms with van der Waals surface area (Å²) in [6, 6.07) is 19.8. The molecule has 0 atom stereocenters. The van der Waals surface area contributed by atoms with Crippen molar-refractivity contribution in [2.24, 2.45) is 0 Å². The van der Waals surface area contributed by atoms with Gasteiger partial charge in [-0.1, -0.05) is 18.2 Å². The summed E-state index contributed by atoms with van der Waals surface area (Å²) in [6.07, 6.45) is 1.86. The molecule has 34 heavy (non-hydrogen) atoms. The molecule has 0 fully saturated rings. The average molecular weight is 524 g/mol. The number of halogens is 1. The molecular weight excluding hydrogens is 502 g/mol. The first-order valence-electron chi connectivity index (χ1n) is 10.6. The van der Waals surface area contributed by atoms with Gasteiger partial charge in [0.25, 0.3) is 0 Å². The van der Waals surface area contributed by atoms with E-state index in [1.165, 1.54) is 0 Å². The number of fused-ring (bicyclic) bond motifs is 1. The molecule has 2 aromatic heterocycles. The van der Waals surface area contributed by atoms with Gasteiger partial charge in [0.2, 0.25) is 0 Å². The lowest BCUT2D eigenvalue weighted by molar-refractivity contribution is -0.141. The summed E-state index contributed by atoms with van der Waals surface area (Å²) in [5, 5.41) is 3.13. The summed E-state index contributed by atoms with van der Waals surface area (Å²) in [6.45, 7) is 1.87. The highest BCUT2D eigenvalue weighted by Gasteiger charge is 2.16. The van der Waals surface area contributed by atoms with Crippen LogP contribution in [0.15, 0.2) is 77.4 Å². The Hall–Kier alpha value is -3.85. The number of aromatic nitrogens is 2. The number of pyridine rings is 1. The highest BCUT2D eigenvalue weighted by atomic mass is 79.9. The predicted octanol–water partition coefficient (Wildman–Crippen LogP) is 4.72. The largest absolute Gasteiger partial charge is 0.482 e. The fraction of sp³-hybridized carbons (Fsp3) is 0.160. The number of ether oxygens (including phenoxy) is 3. The third kappa shape index (κ3) is 5.74. The topological polar surface area (TPSA) is 91.2 Å². The Morgan fingerprint density at radius 3 is 2.47 bits per heavy atom. The molecule has 2 heterocycles. The molecule has 174 valence electrons. The molecule has 0 saturated carbocycles. The molecule has 9 heteroatoms. The number of benzene rings is 2. The zero-order valence-corrected chi connectivity index (χ0v) is 19.9. The zero-order valence-electron chi connectivity index (χ0n) is 18.4. The number of imidazole rings is 1. The van der Waals surface area contributed by atoms with Crippen molar-refractivity contribution >= 4 is 39.3 Å². The summed E-state index contributed by atoms with van der Waals surface area (Å²) in [4.78, 5) is 28.7. The highest BCUT2D eigenvalue weighted by molar-refractivity contribution is 9.10. The Morgan fingerprint density at radius 1 is 0.971 bits per heavy atom. The highest BCUT2D eigenvalue weighted by Crippen LogP contribution is 2.31. The first-order chi connectivity index (χ1) is 16.5. The zero-order chi connectivity index (χ0) is 23.9. The maximum Gasteiger partial charge on any atom is 0.349 e. The van der Waals surface area contributed by atoms with Gasteiger partial charge in [0, 0.05) is 16.2 Å². The van der Waals surface area contributed by atoms with Crippen molar-refractivity contribution in [3.8, 4) is 22.8 Å². The average Bonchev–Trinajstić information content (AvgIpc) is 3.20. The van der Waals surface area contributed by atoms with Gasteiger partial charge in [-0.05, 0) is 71.4 Å². The maximum atomic E-state index is 12.1. The summed E-state index contributed by atoms with van der Waals surface area (Å²) in [7, 11) is 0. The molecule has 0 spiro atoms. The van der Waals surface area contributed by atoms with Crippen LogP contribution in [-0.4, -0.2) is 41.1 Å². The van der Waals surface area contributed by atoms with Crippen LogP contribution >= 0.6 is 15.9 Å². The molecule has 8 nitrogen and oxygen atoms in total. The third-order valence-electron chi connectivity index (χ3n) is 4.75. The molecular formula is C25H22BrN3O5. The number of hydrogen-bond acceptors (Lipinski definition) is 7. The Labute approximate surface area is 204 Å². The summed E-state index contributed by atoms with van der Waals surface area (Å²) in [5.41, 5.74) is 2.14. The van der Waals surface area contributed by atoms with E-state index in [9.17, 15) is 9.59 Å². The standard InChI is InChI=1S/C25H22BrN3O5/c1-2-32-22(30)14-27-25-24(28-21-13-10-18(26)15-29(21)25)17-8-11-20(12-9-17)34-23(31)16-33-19-6-4-3-5-7-19/h3-13,15,27H,2,14,16H2,1H3. The molecule has 4 aromatic rings. The lowest BCUT2D eigenvalue weighted by Gasteiger charge is -2.10. The Morgan fingerprint density at radius 2 is 1.74 bits per heavy atom. The number of nitrogens with one attached hydrogen (secondary N) is 1. The van der Waals surface area contributed by atoms with Crippen LogP contribution in [-0.2, 0) is 14.3 Å². The van der Waals surface area contributed by atoms with Crippen LogP contribution in [0.4, 0.5) is 5.82 Å². The van der Waals surface area contributed by atoms with E-state index in [4.69, 9.17) is 19.2 Å². The van der Waals surface area contributed by atoms with Crippen molar-refractivity contribution in [2.45, 2.75) is 6.92 Å². The molecule has 0 aliphatic rings. The van der Waals surface area contributed by atoms with Gasteiger partial charge >= 0.3 is 11.9 Å². The smallest absolute Gasteiger partial charge is 0.349 e. The van der Waals surface area contributed by atoms with E-state index in [0.717, 1.165) is 10.0 Å². The predicted molar refractivity (Wildman–Crippen MR) is 131 cm³/mol. The van der Waals surface area contributed by atoms with Gasteiger partial charge in [-0.25, -0.2) is 9.78 Å². The Balaban J connectivity index is 1.50. The van der Waals surface area contributed by atoms with Crippen LogP contribution in [0.2, 0.25) is 0 Å². The lowest BCUT2D eigenvalue weighted by atomic mass is 10.1. The van der Waals surface area contributed by atoms with Gasteiger partial charge in [0.1, 0.15) is 35.2 Å². The summed E-state index contributed by atoms with van der Waals surface area (Å²) >= 11 is 3.47. The number of anilines is 1. The fourth-order valence-corrected chi connectivity index (χ4v) is 3.59. The number of carbonyl (C=O) groups is 2. The number of hydrogen-bond donors (Lipinski definition) is 1. The van der Waals surface area contributed by atoms with Crippen LogP contribution in [0.1, 0.15) is 6.92 Å². The van der Waals surface area contributed by atoms with Crippen LogP contribution in [0.5, 0.6) is 11.5 Å². The Bertz CT molecular complexity index is 1290. The second kappa shape index (κ2) is 10.8. The van der Waals surface area contributed by atoms with Gasteiger partial charge in [-0.15, -0.1) is 0 Å². The number of carbonyl (C=O) groups excluding carboxylic acids is 2. The molecule has 0 bridgehead atoms. The molecule has 0 aliphatic heterocycles. The third-order valence-corrected chi connectivity index (χ3v) is 5.22. The normalized spacial score (nSPS) is 10.6. The van der Waals surface area contributed by atoms with Crippen molar-refractivity contribution in [3.63, 3.8) is 0 Å². The van der Waals surface area contributed by atoms with Gasteiger partial charge in [0.05, 0.1) is 6.61 Å². The van der Waals surface area contributed by atoms with E-state index in [-0.39, 0.29) is 19.1 Å². The molecule has 0 amide bonds. The van der Waals surface area contributed by atoms with Crippen molar-refractivity contribution in [1.29, 1.82) is 0 Å². The molecule has 4 rings (SSSR count). The number of para-hydroxylation sites is 1. The molecule has 1 N–H and O–H groups in total. The summed E-state index contributed by atoms with van der Waals surface area (Å²) < 4.78 is 18.5. The molecule has 0 saturated heterocycles. The van der Waals surface area contributed by atoms with E-state index in [0.29, 0.717) is 35.3 Å². The van der Waals surface area contributed by atoms with Crippen LogP contribution in [0.25, 0.3) is 16.9 Å². The first kappa shape index (κ1) is 23.3. The van der Waals surface area contributed by atoms with Gasteiger partial charge < -0.3 is 19.5 Å². The monoisotopic (exact) mass is 523 g/mol. The second-order valence-corrected chi connectivity index (χ2v) is 8.06. The fourth-order valence-electron chi connectivity index (χ4n) is 3.26. The van der Waals surface area contributed by atoms with Crippen LogP contribution in [0, 0.1) is 0 Å². The van der Waals surface area contributed by atoms with Gasteiger partial charge in [0.15, 0.2) is 6.61 Å². The van der Waals surface area contributed by atoms with Crippen molar-refractivity contribution in [2.75, 3.05) is 25.1 Å². The quantitative estimate of drug-likeness (QED) is 0.250. The molecule has 2 aromatic carbocycles. The number of rotatable bonds is 9. The van der Waals surface area contributed by atoms with Crippen molar-refractivity contribution in [3.05, 3.63) is 77.4 Å². The minimum atomic E-state index is -0.508. The number of nitrogens with zero attached hydrogens (tertiary/aromatic N) is 2. The molecule has 0 aliphatic carbocycles. The minimum Gasteiger partial charge on any atom is -0.482 e. The van der Waals surface area contributed by atoms with E-state index >= 15 is 0 Å². The molecule has 0 unspecified atom stereocenters. The van der Waals surface area contributed by atoms with Crippen LogP contribution in [0.3, 0.4) is 0 Å². The van der Waals surface area contributed by atoms with Crippen molar-refractivity contribution < 1.29 is 23.8 Å². The molecule has 0 radical (unpaired) electrons.